The van der Waals surface area contributed by atoms with Gasteiger partial charge in [0.05, 0.1) is 0 Å². The van der Waals surface area contributed by atoms with Gasteiger partial charge in [-0.3, -0.25) is 4.68 Å². The Hall–Kier alpha value is -1.68. The SMILES string of the molecule is CCCn1ncnc1CC(Cc1cc(C)ccc1C)NC. The number of hydrogen-bond acceptors (Lipinski definition) is 3. The molecule has 1 aromatic heterocycles. The highest BCUT2D eigenvalue weighted by Crippen LogP contribution is 2.14. The van der Waals surface area contributed by atoms with Gasteiger partial charge >= 0.3 is 0 Å². The van der Waals surface area contributed by atoms with Crippen molar-refractivity contribution in [1.82, 2.24) is 20.1 Å². The Morgan fingerprint density at radius 3 is 2.76 bits per heavy atom. The fourth-order valence-corrected chi connectivity index (χ4v) is 2.63. The number of benzene rings is 1. The Morgan fingerprint density at radius 2 is 2.05 bits per heavy atom. The molecule has 1 unspecified atom stereocenters. The fraction of sp³-hybridized carbons (Fsp3) is 0.529. The highest BCUT2D eigenvalue weighted by Gasteiger charge is 2.14. The van der Waals surface area contributed by atoms with Crippen LogP contribution in [0.3, 0.4) is 0 Å². The molecule has 0 saturated carbocycles. The minimum Gasteiger partial charge on any atom is -0.316 e. The van der Waals surface area contributed by atoms with Crippen molar-refractivity contribution in [2.75, 3.05) is 7.05 Å². The van der Waals surface area contributed by atoms with Crippen LogP contribution in [0.4, 0.5) is 0 Å². The lowest BCUT2D eigenvalue weighted by Crippen LogP contribution is -2.31. The van der Waals surface area contributed by atoms with Crippen LogP contribution in [0, 0.1) is 13.8 Å². The summed E-state index contributed by atoms with van der Waals surface area (Å²) in [4.78, 5) is 4.42. The van der Waals surface area contributed by atoms with E-state index in [1.165, 1.54) is 16.7 Å². The van der Waals surface area contributed by atoms with E-state index in [1.807, 2.05) is 11.7 Å². The van der Waals surface area contributed by atoms with Crippen molar-refractivity contribution in [2.24, 2.45) is 0 Å². The van der Waals surface area contributed by atoms with Crippen molar-refractivity contribution >= 4 is 0 Å². The van der Waals surface area contributed by atoms with E-state index in [9.17, 15) is 0 Å². The molecule has 1 heterocycles. The Kier molecular flexibility index (Phi) is 5.51. The summed E-state index contributed by atoms with van der Waals surface area (Å²) in [5.74, 6) is 1.07. The van der Waals surface area contributed by atoms with Gasteiger partial charge in [0.15, 0.2) is 0 Å². The summed E-state index contributed by atoms with van der Waals surface area (Å²) in [6.07, 6.45) is 4.67. The highest BCUT2D eigenvalue weighted by molar-refractivity contribution is 5.31. The molecule has 0 saturated heterocycles. The zero-order valence-electron chi connectivity index (χ0n) is 13.6. The molecule has 1 atom stereocenters. The van der Waals surface area contributed by atoms with Crippen LogP contribution in [0.5, 0.6) is 0 Å². The van der Waals surface area contributed by atoms with Crippen LogP contribution in [0.15, 0.2) is 24.5 Å². The molecular weight excluding hydrogens is 260 g/mol. The van der Waals surface area contributed by atoms with E-state index in [0.29, 0.717) is 6.04 Å². The minimum absolute atomic E-state index is 0.380. The number of nitrogens with one attached hydrogen (secondary N) is 1. The molecule has 0 radical (unpaired) electrons. The maximum absolute atomic E-state index is 4.42. The molecule has 0 aliphatic heterocycles. The Bertz CT molecular complexity index is 574. The molecule has 21 heavy (non-hydrogen) atoms. The lowest BCUT2D eigenvalue weighted by molar-refractivity contribution is 0.501. The molecular formula is C17H26N4. The van der Waals surface area contributed by atoms with Gasteiger partial charge in [-0.05, 0) is 44.9 Å². The summed E-state index contributed by atoms with van der Waals surface area (Å²) in [7, 11) is 2.02. The molecule has 4 heteroatoms. The molecule has 0 amide bonds. The van der Waals surface area contributed by atoms with Crippen molar-refractivity contribution in [3.05, 3.63) is 47.0 Å². The lowest BCUT2D eigenvalue weighted by atomic mass is 9.97. The molecule has 0 fully saturated rings. The summed E-state index contributed by atoms with van der Waals surface area (Å²) >= 11 is 0. The van der Waals surface area contributed by atoms with Crippen LogP contribution in [-0.4, -0.2) is 27.9 Å². The third-order valence-electron chi connectivity index (χ3n) is 3.94. The first-order valence-corrected chi connectivity index (χ1v) is 7.74. The van der Waals surface area contributed by atoms with Gasteiger partial charge < -0.3 is 5.32 Å². The summed E-state index contributed by atoms with van der Waals surface area (Å²) in [6, 6.07) is 7.05. The second kappa shape index (κ2) is 7.36. The number of rotatable bonds is 7. The number of nitrogens with zero attached hydrogens (tertiary/aromatic N) is 3. The predicted molar refractivity (Wildman–Crippen MR) is 86.5 cm³/mol. The van der Waals surface area contributed by atoms with E-state index in [2.05, 4.69) is 54.4 Å². The standard InChI is InChI=1S/C17H26N4/c1-5-8-21-17(19-12-20-21)11-16(18-4)10-15-9-13(2)6-7-14(15)3/h6-7,9,12,16,18H,5,8,10-11H2,1-4H3. The second-order valence-corrected chi connectivity index (χ2v) is 5.72. The van der Waals surface area contributed by atoms with Crippen molar-refractivity contribution in [1.29, 1.82) is 0 Å². The monoisotopic (exact) mass is 286 g/mol. The van der Waals surface area contributed by atoms with E-state index in [1.54, 1.807) is 6.33 Å². The van der Waals surface area contributed by atoms with Gasteiger partial charge in [-0.15, -0.1) is 0 Å². The minimum atomic E-state index is 0.380. The maximum atomic E-state index is 4.42. The Labute approximate surface area is 127 Å². The fourth-order valence-electron chi connectivity index (χ4n) is 2.63. The topological polar surface area (TPSA) is 42.7 Å². The zero-order valence-corrected chi connectivity index (χ0v) is 13.6. The van der Waals surface area contributed by atoms with E-state index in [4.69, 9.17) is 0 Å². The van der Waals surface area contributed by atoms with Gasteiger partial charge in [-0.1, -0.05) is 30.7 Å². The summed E-state index contributed by atoms with van der Waals surface area (Å²) in [6.45, 7) is 7.43. The normalized spacial score (nSPS) is 12.6. The van der Waals surface area contributed by atoms with E-state index in [0.717, 1.165) is 31.6 Å². The maximum Gasteiger partial charge on any atom is 0.138 e. The average molecular weight is 286 g/mol. The van der Waals surface area contributed by atoms with Crippen LogP contribution in [0.1, 0.15) is 35.9 Å². The summed E-state index contributed by atoms with van der Waals surface area (Å²) in [5.41, 5.74) is 4.09. The van der Waals surface area contributed by atoms with Crippen LogP contribution in [0.25, 0.3) is 0 Å². The number of hydrogen-bond donors (Lipinski definition) is 1. The highest BCUT2D eigenvalue weighted by atomic mass is 15.3. The van der Waals surface area contributed by atoms with Gasteiger partial charge in [0.1, 0.15) is 12.2 Å². The first-order chi connectivity index (χ1) is 10.1. The first kappa shape index (κ1) is 15.7. The first-order valence-electron chi connectivity index (χ1n) is 7.74. The van der Waals surface area contributed by atoms with Gasteiger partial charge in [0.25, 0.3) is 0 Å². The van der Waals surface area contributed by atoms with Crippen LogP contribution < -0.4 is 5.32 Å². The van der Waals surface area contributed by atoms with Crippen LogP contribution >= 0.6 is 0 Å². The van der Waals surface area contributed by atoms with Gasteiger partial charge in [0.2, 0.25) is 0 Å². The van der Waals surface area contributed by atoms with E-state index < -0.39 is 0 Å². The molecule has 0 aliphatic rings. The largest absolute Gasteiger partial charge is 0.316 e. The zero-order chi connectivity index (χ0) is 15.2. The van der Waals surface area contributed by atoms with E-state index in [-0.39, 0.29) is 0 Å². The third-order valence-corrected chi connectivity index (χ3v) is 3.94. The molecule has 114 valence electrons. The number of aromatic nitrogens is 3. The van der Waals surface area contributed by atoms with Gasteiger partial charge in [-0.2, -0.15) is 5.10 Å². The Morgan fingerprint density at radius 1 is 1.24 bits per heavy atom. The molecule has 0 bridgehead atoms. The van der Waals surface area contributed by atoms with Gasteiger partial charge in [0, 0.05) is 19.0 Å². The van der Waals surface area contributed by atoms with Crippen molar-refractivity contribution in [2.45, 2.75) is 52.6 Å². The lowest BCUT2D eigenvalue weighted by Gasteiger charge is -2.18. The van der Waals surface area contributed by atoms with Crippen LogP contribution in [-0.2, 0) is 19.4 Å². The summed E-state index contributed by atoms with van der Waals surface area (Å²) in [5, 5.41) is 7.73. The number of likely N-dealkylation sites (N-methyl/N-ethyl adjacent to an activating group) is 1. The molecule has 0 spiro atoms. The van der Waals surface area contributed by atoms with Crippen molar-refractivity contribution in [3.8, 4) is 0 Å². The van der Waals surface area contributed by atoms with Crippen molar-refractivity contribution < 1.29 is 0 Å². The van der Waals surface area contributed by atoms with E-state index >= 15 is 0 Å². The van der Waals surface area contributed by atoms with Crippen LogP contribution in [0.2, 0.25) is 0 Å². The van der Waals surface area contributed by atoms with Gasteiger partial charge in [-0.25, -0.2) is 4.98 Å². The second-order valence-electron chi connectivity index (χ2n) is 5.72. The third kappa shape index (κ3) is 4.14. The molecule has 1 N–H and O–H groups in total. The van der Waals surface area contributed by atoms with Crippen molar-refractivity contribution in [3.63, 3.8) is 0 Å². The quantitative estimate of drug-likeness (QED) is 0.851. The smallest absolute Gasteiger partial charge is 0.138 e. The molecule has 4 nitrogen and oxygen atoms in total. The average Bonchev–Trinajstić information content (AvgIpc) is 2.89. The molecule has 0 aliphatic carbocycles. The molecule has 2 aromatic rings. The Balaban J connectivity index is 2.09. The predicted octanol–water partition coefficient (Wildman–Crippen LogP) is 2.68. The molecule has 1 aromatic carbocycles. The molecule has 2 rings (SSSR count). The number of aryl methyl sites for hydroxylation is 3. The summed E-state index contributed by atoms with van der Waals surface area (Å²) < 4.78 is 2.02.